The van der Waals surface area contributed by atoms with Crippen LogP contribution < -0.4 is 11.1 Å². The van der Waals surface area contributed by atoms with E-state index in [-0.39, 0.29) is 6.61 Å². The zero-order chi connectivity index (χ0) is 9.56. The van der Waals surface area contributed by atoms with Crippen LogP contribution in [0.3, 0.4) is 0 Å². The van der Waals surface area contributed by atoms with E-state index < -0.39 is 6.10 Å². The van der Waals surface area contributed by atoms with Crippen molar-refractivity contribution in [2.45, 2.75) is 26.4 Å². The molecule has 0 radical (unpaired) electrons. The normalized spacial score (nSPS) is 15.3. The Kier molecular flexibility index (Phi) is 5.49. The molecule has 0 saturated carbocycles. The number of aliphatic hydroxyl groups is 2. The maximum atomic E-state index is 8.92. The van der Waals surface area contributed by atoms with Gasteiger partial charge in [-0.2, -0.15) is 0 Å². The summed E-state index contributed by atoms with van der Waals surface area (Å²) in [6, 6.07) is 0. The Labute approximate surface area is 73.1 Å². The van der Waals surface area contributed by atoms with E-state index in [1.54, 1.807) is 6.92 Å². The van der Waals surface area contributed by atoms with Gasteiger partial charge in [0.15, 0.2) is 0 Å². The van der Waals surface area contributed by atoms with Crippen molar-refractivity contribution < 1.29 is 10.2 Å². The molecular weight excluding hydrogens is 156 g/mol. The van der Waals surface area contributed by atoms with Crippen LogP contribution in [0.1, 0.15) is 20.3 Å². The summed E-state index contributed by atoms with van der Waals surface area (Å²) >= 11 is 0. The maximum Gasteiger partial charge on any atom is 0.0950 e. The Morgan fingerprint density at radius 3 is 2.58 bits per heavy atom. The fourth-order valence-corrected chi connectivity index (χ4v) is 0.711. The number of nitrogens with one attached hydrogen (secondary N) is 1. The fraction of sp³-hybridized carbons (Fsp3) is 0.750. The lowest BCUT2D eigenvalue weighted by molar-refractivity contribution is 0.194. The molecule has 0 aromatic heterocycles. The molecule has 0 bridgehead atoms. The third-order valence-corrected chi connectivity index (χ3v) is 1.53. The highest BCUT2D eigenvalue weighted by atomic mass is 16.3. The summed E-state index contributed by atoms with van der Waals surface area (Å²) in [4.78, 5) is 0. The van der Waals surface area contributed by atoms with Gasteiger partial charge < -0.3 is 21.3 Å². The van der Waals surface area contributed by atoms with Crippen molar-refractivity contribution in [1.29, 1.82) is 0 Å². The minimum Gasteiger partial charge on any atom is -0.396 e. The molecule has 0 aromatic rings. The molecule has 5 N–H and O–H groups in total. The van der Waals surface area contributed by atoms with Crippen molar-refractivity contribution in [1.82, 2.24) is 5.32 Å². The molecule has 4 nitrogen and oxygen atoms in total. The van der Waals surface area contributed by atoms with Crippen molar-refractivity contribution >= 4 is 0 Å². The van der Waals surface area contributed by atoms with E-state index in [1.807, 2.05) is 6.92 Å². The highest BCUT2D eigenvalue weighted by molar-refractivity contribution is 5.06. The minimum atomic E-state index is -0.412. The molecule has 0 aliphatic heterocycles. The van der Waals surface area contributed by atoms with Gasteiger partial charge in [-0.05, 0) is 25.8 Å². The molecule has 12 heavy (non-hydrogen) atoms. The molecule has 72 valence electrons. The first-order valence-electron chi connectivity index (χ1n) is 4.06. The van der Waals surface area contributed by atoms with E-state index in [4.69, 9.17) is 15.9 Å². The van der Waals surface area contributed by atoms with Crippen LogP contribution in [0.25, 0.3) is 0 Å². The summed E-state index contributed by atoms with van der Waals surface area (Å²) in [7, 11) is 0. The lowest BCUT2D eigenvalue weighted by atomic mass is 10.2. The van der Waals surface area contributed by atoms with Gasteiger partial charge in [0, 0.05) is 13.2 Å². The van der Waals surface area contributed by atoms with Crippen molar-refractivity contribution in [3.8, 4) is 0 Å². The average molecular weight is 174 g/mol. The minimum absolute atomic E-state index is 0.100. The van der Waals surface area contributed by atoms with Gasteiger partial charge in [0.1, 0.15) is 0 Å². The van der Waals surface area contributed by atoms with Gasteiger partial charge in [-0.15, -0.1) is 0 Å². The lowest BCUT2D eigenvalue weighted by Gasteiger charge is -2.11. The Morgan fingerprint density at radius 2 is 2.17 bits per heavy atom. The topological polar surface area (TPSA) is 78.5 Å². The predicted molar refractivity (Wildman–Crippen MR) is 48.3 cm³/mol. The zero-order valence-corrected chi connectivity index (χ0v) is 7.67. The van der Waals surface area contributed by atoms with E-state index in [0.29, 0.717) is 18.8 Å². The molecular formula is C8H18N2O2. The fourth-order valence-electron chi connectivity index (χ4n) is 0.711. The van der Waals surface area contributed by atoms with Crippen molar-refractivity contribution in [3.05, 3.63) is 11.4 Å². The number of aliphatic hydroxyl groups excluding tert-OH is 2. The van der Waals surface area contributed by atoms with Gasteiger partial charge in [0.05, 0.1) is 11.9 Å². The highest BCUT2D eigenvalue weighted by Gasteiger charge is 1.98. The van der Waals surface area contributed by atoms with Gasteiger partial charge in [-0.3, -0.25) is 0 Å². The second-order valence-corrected chi connectivity index (χ2v) is 2.90. The number of hydrogen-bond acceptors (Lipinski definition) is 4. The molecule has 0 rings (SSSR count). The van der Waals surface area contributed by atoms with Gasteiger partial charge in [-0.1, -0.05) is 0 Å². The summed E-state index contributed by atoms with van der Waals surface area (Å²) in [6.07, 6.45) is 0.157. The third-order valence-electron chi connectivity index (χ3n) is 1.53. The predicted octanol–water partition coefficient (Wildman–Crippen LogP) is -0.471. The first-order chi connectivity index (χ1) is 5.57. The molecule has 0 aliphatic carbocycles. The monoisotopic (exact) mass is 174 g/mol. The van der Waals surface area contributed by atoms with Crippen molar-refractivity contribution in [2.75, 3.05) is 13.2 Å². The second kappa shape index (κ2) is 5.85. The molecule has 0 aliphatic rings. The van der Waals surface area contributed by atoms with Crippen LogP contribution in [0.5, 0.6) is 0 Å². The van der Waals surface area contributed by atoms with Crippen LogP contribution in [0, 0.1) is 0 Å². The Balaban J connectivity index is 3.82. The molecule has 0 fully saturated rings. The molecule has 4 heteroatoms. The first-order valence-corrected chi connectivity index (χ1v) is 4.06. The molecule has 0 aromatic carbocycles. The van der Waals surface area contributed by atoms with Crippen LogP contribution >= 0.6 is 0 Å². The highest BCUT2D eigenvalue weighted by Crippen LogP contribution is 1.99. The Hall–Kier alpha value is -0.740. The van der Waals surface area contributed by atoms with Gasteiger partial charge in [-0.25, -0.2) is 0 Å². The lowest BCUT2D eigenvalue weighted by Crippen LogP contribution is -2.29. The maximum absolute atomic E-state index is 8.92. The summed E-state index contributed by atoms with van der Waals surface area (Å²) < 4.78 is 0. The molecule has 0 saturated heterocycles. The average Bonchev–Trinajstić information content (AvgIpc) is 2.00. The van der Waals surface area contributed by atoms with E-state index in [1.165, 1.54) is 0 Å². The van der Waals surface area contributed by atoms with Crippen molar-refractivity contribution in [2.24, 2.45) is 5.73 Å². The van der Waals surface area contributed by atoms with Crippen LogP contribution in [-0.2, 0) is 0 Å². The number of rotatable bonds is 5. The largest absolute Gasteiger partial charge is 0.396 e. The summed E-state index contributed by atoms with van der Waals surface area (Å²) in [5, 5.41) is 20.4. The van der Waals surface area contributed by atoms with Gasteiger partial charge in [0.25, 0.3) is 0 Å². The Morgan fingerprint density at radius 1 is 1.58 bits per heavy atom. The standard InChI is InChI=1S/C8H18N2O2/c1-6(3-4-11)8(9)10-5-7(2)12/h7,10-12H,3-5,9H2,1-2H3. The Bertz CT molecular complexity index is 155. The smallest absolute Gasteiger partial charge is 0.0950 e. The van der Waals surface area contributed by atoms with Crippen LogP contribution in [0.4, 0.5) is 0 Å². The SMILES string of the molecule is CC(CCO)=C(N)NCC(C)O. The van der Waals surface area contributed by atoms with E-state index in [0.717, 1.165) is 5.57 Å². The second-order valence-electron chi connectivity index (χ2n) is 2.90. The van der Waals surface area contributed by atoms with E-state index in [2.05, 4.69) is 5.32 Å². The van der Waals surface area contributed by atoms with Crippen LogP contribution in [0.15, 0.2) is 11.4 Å². The molecule has 0 amide bonds. The molecule has 0 spiro atoms. The molecule has 1 atom stereocenters. The van der Waals surface area contributed by atoms with E-state index in [9.17, 15) is 0 Å². The van der Waals surface area contributed by atoms with Crippen molar-refractivity contribution in [3.63, 3.8) is 0 Å². The zero-order valence-electron chi connectivity index (χ0n) is 7.67. The molecule has 0 heterocycles. The number of nitrogens with two attached hydrogens (primary N) is 1. The van der Waals surface area contributed by atoms with E-state index >= 15 is 0 Å². The van der Waals surface area contributed by atoms with Gasteiger partial charge >= 0.3 is 0 Å². The quantitative estimate of drug-likeness (QED) is 0.454. The number of hydrogen-bond donors (Lipinski definition) is 4. The van der Waals surface area contributed by atoms with Crippen LogP contribution in [0.2, 0.25) is 0 Å². The third kappa shape index (κ3) is 4.98. The molecule has 1 unspecified atom stereocenters. The summed E-state index contributed by atoms with van der Waals surface area (Å²) in [5.41, 5.74) is 6.51. The summed E-state index contributed by atoms with van der Waals surface area (Å²) in [6.45, 7) is 4.07. The first kappa shape index (κ1) is 11.3. The van der Waals surface area contributed by atoms with Gasteiger partial charge in [0.2, 0.25) is 0 Å². The van der Waals surface area contributed by atoms with Crippen LogP contribution in [-0.4, -0.2) is 29.5 Å². The summed E-state index contributed by atoms with van der Waals surface area (Å²) in [5.74, 6) is 0.546.